The summed E-state index contributed by atoms with van der Waals surface area (Å²) in [6.45, 7) is 0. The Kier molecular flexibility index (Phi) is 4.01. The molecule has 0 aliphatic heterocycles. The second-order valence-electron chi connectivity index (χ2n) is 3.66. The Hall–Kier alpha value is -2.08. The maximum Gasteiger partial charge on any atom is 0.356 e. The van der Waals surface area contributed by atoms with Gasteiger partial charge in [0.05, 0.1) is 11.6 Å². The number of nitrogen functional groups attached to an aromatic ring is 1. The van der Waals surface area contributed by atoms with Crippen molar-refractivity contribution in [1.29, 1.82) is 0 Å². The maximum atomic E-state index is 11.4. The van der Waals surface area contributed by atoms with Gasteiger partial charge in [-0.2, -0.15) is 0 Å². The van der Waals surface area contributed by atoms with E-state index in [4.69, 9.17) is 10.5 Å². The van der Waals surface area contributed by atoms with Gasteiger partial charge in [0.2, 0.25) is 0 Å². The van der Waals surface area contributed by atoms with Crippen LogP contribution in [0.15, 0.2) is 41.0 Å². The summed E-state index contributed by atoms with van der Waals surface area (Å²) in [6, 6.07) is 8.36. The van der Waals surface area contributed by atoms with Crippen LogP contribution in [0.1, 0.15) is 10.5 Å². The number of ether oxygens (including phenoxy) is 2. The molecule has 0 fully saturated rings. The fourth-order valence-corrected chi connectivity index (χ4v) is 1.74. The van der Waals surface area contributed by atoms with E-state index in [0.717, 1.165) is 4.47 Å². The molecule has 0 radical (unpaired) electrons. The molecule has 98 valence electrons. The smallest absolute Gasteiger partial charge is 0.356 e. The Bertz CT molecular complexity index is 617. The number of rotatable bonds is 3. The number of hydrogen-bond donors (Lipinski definition) is 1. The molecule has 1 heterocycles. The number of pyridine rings is 1. The Morgan fingerprint density at radius 2 is 2.11 bits per heavy atom. The molecule has 0 bridgehead atoms. The topological polar surface area (TPSA) is 74.4 Å². The molecular formula is C13H11BrN2O3. The van der Waals surface area contributed by atoms with Gasteiger partial charge < -0.3 is 15.2 Å². The molecule has 2 rings (SSSR count). The van der Waals surface area contributed by atoms with Gasteiger partial charge in [0.15, 0.2) is 5.69 Å². The summed E-state index contributed by atoms with van der Waals surface area (Å²) in [5.74, 6) is 0.515. The second kappa shape index (κ2) is 5.71. The lowest BCUT2D eigenvalue weighted by molar-refractivity contribution is 0.0593. The number of methoxy groups -OCH3 is 1. The highest BCUT2D eigenvalue weighted by molar-refractivity contribution is 9.10. The summed E-state index contributed by atoms with van der Waals surface area (Å²) in [5.41, 5.74) is 6.46. The second-order valence-corrected chi connectivity index (χ2v) is 4.51. The fraction of sp³-hybridized carbons (Fsp3) is 0.0769. The molecule has 6 heteroatoms. The summed E-state index contributed by atoms with van der Waals surface area (Å²) in [5, 5.41) is 0. The van der Waals surface area contributed by atoms with Crippen molar-refractivity contribution in [3.8, 4) is 11.5 Å². The number of nitrogens with zero attached hydrogens (tertiary/aromatic N) is 1. The summed E-state index contributed by atoms with van der Waals surface area (Å²) in [4.78, 5) is 15.3. The predicted octanol–water partition coefficient (Wildman–Crippen LogP) is 3.01. The molecule has 0 unspecified atom stereocenters. The number of halogens is 1. The van der Waals surface area contributed by atoms with Gasteiger partial charge in [0.1, 0.15) is 11.5 Å². The number of esters is 1. The van der Waals surface area contributed by atoms with E-state index in [1.807, 2.05) is 0 Å². The number of aromatic nitrogens is 1. The minimum Gasteiger partial charge on any atom is -0.464 e. The Morgan fingerprint density at radius 1 is 1.32 bits per heavy atom. The first-order chi connectivity index (χ1) is 9.10. The van der Waals surface area contributed by atoms with Gasteiger partial charge in [-0.1, -0.05) is 0 Å². The average molecular weight is 323 g/mol. The first-order valence-electron chi connectivity index (χ1n) is 5.37. The van der Waals surface area contributed by atoms with E-state index in [2.05, 4.69) is 25.7 Å². The Labute approximate surface area is 118 Å². The fourth-order valence-electron chi connectivity index (χ4n) is 1.42. The molecule has 0 saturated carbocycles. The van der Waals surface area contributed by atoms with Crippen molar-refractivity contribution >= 4 is 27.6 Å². The molecule has 0 atom stereocenters. The van der Waals surface area contributed by atoms with E-state index in [1.165, 1.54) is 19.4 Å². The lowest BCUT2D eigenvalue weighted by Crippen LogP contribution is -2.03. The number of carbonyl (C=O) groups excluding carboxylic acids is 1. The highest BCUT2D eigenvalue weighted by Gasteiger charge is 2.09. The third-order valence-electron chi connectivity index (χ3n) is 2.31. The van der Waals surface area contributed by atoms with Crippen molar-refractivity contribution in [3.63, 3.8) is 0 Å². The summed E-state index contributed by atoms with van der Waals surface area (Å²) >= 11 is 3.36. The minimum absolute atomic E-state index is 0.181. The Balaban J connectivity index is 2.28. The number of benzene rings is 1. The molecule has 5 nitrogen and oxygen atoms in total. The highest BCUT2D eigenvalue weighted by atomic mass is 79.9. The Morgan fingerprint density at radius 3 is 2.84 bits per heavy atom. The van der Waals surface area contributed by atoms with Crippen LogP contribution in [0, 0.1) is 0 Å². The van der Waals surface area contributed by atoms with Crippen molar-refractivity contribution in [2.24, 2.45) is 0 Å². The SMILES string of the molecule is COC(=O)c1cc(Oc2cc(N)ccc2Br)ccn1. The largest absolute Gasteiger partial charge is 0.464 e. The predicted molar refractivity (Wildman–Crippen MR) is 74.2 cm³/mol. The van der Waals surface area contributed by atoms with Gasteiger partial charge in [-0.05, 0) is 34.1 Å². The molecule has 1 aromatic heterocycles. The summed E-state index contributed by atoms with van der Waals surface area (Å²) < 4.78 is 11.0. The number of hydrogen-bond acceptors (Lipinski definition) is 5. The van der Waals surface area contributed by atoms with Crippen LogP contribution in [0.25, 0.3) is 0 Å². The van der Waals surface area contributed by atoms with Crippen molar-refractivity contribution in [2.45, 2.75) is 0 Å². The molecule has 2 aromatic rings. The highest BCUT2D eigenvalue weighted by Crippen LogP contribution is 2.31. The van der Waals surface area contributed by atoms with Crippen LogP contribution in [0.5, 0.6) is 11.5 Å². The van der Waals surface area contributed by atoms with Crippen molar-refractivity contribution in [1.82, 2.24) is 4.98 Å². The molecule has 0 amide bonds. The van der Waals surface area contributed by atoms with Crippen LogP contribution in [0.4, 0.5) is 5.69 Å². The van der Waals surface area contributed by atoms with E-state index in [1.54, 1.807) is 24.3 Å². The van der Waals surface area contributed by atoms with Gasteiger partial charge in [-0.3, -0.25) is 0 Å². The molecule has 19 heavy (non-hydrogen) atoms. The standard InChI is InChI=1S/C13H11BrN2O3/c1-18-13(17)11-7-9(4-5-16-11)19-12-6-8(15)2-3-10(12)14/h2-7H,15H2,1H3. The molecule has 0 aliphatic rings. The van der Waals surface area contributed by atoms with E-state index >= 15 is 0 Å². The van der Waals surface area contributed by atoms with Crippen molar-refractivity contribution in [2.75, 3.05) is 12.8 Å². The zero-order chi connectivity index (χ0) is 13.8. The lowest BCUT2D eigenvalue weighted by Gasteiger charge is -2.09. The number of carbonyl (C=O) groups is 1. The molecule has 0 aliphatic carbocycles. The molecule has 2 N–H and O–H groups in total. The van der Waals surface area contributed by atoms with Gasteiger partial charge in [0, 0.05) is 24.0 Å². The van der Waals surface area contributed by atoms with E-state index in [0.29, 0.717) is 17.2 Å². The van der Waals surface area contributed by atoms with Crippen molar-refractivity contribution < 1.29 is 14.3 Å². The quantitative estimate of drug-likeness (QED) is 0.694. The van der Waals surface area contributed by atoms with Gasteiger partial charge in [-0.15, -0.1) is 0 Å². The lowest BCUT2D eigenvalue weighted by atomic mass is 10.3. The third kappa shape index (κ3) is 3.23. The van der Waals surface area contributed by atoms with Crippen LogP contribution in [0.2, 0.25) is 0 Å². The monoisotopic (exact) mass is 322 g/mol. The number of nitrogens with two attached hydrogens (primary N) is 1. The molecule has 0 spiro atoms. The van der Waals surface area contributed by atoms with Crippen LogP contribution in [-0.4, -0.2) is 18.1 Å². The average Bonchev–Trinajstić information content (AvgIpc) is 2.42. The third-order valence-corrected chi connectivity index (χ3v) is 2.96. The molecular weight excluding hydrogens is 312 g/mol. The van der Waals surface area contributed by atoms with E-state index < -0.39 is 5.97 Å². The van der Waals surface area contributed by atoms with E-state index in [9.17, 15) is 4.79 Å². The normalized spacial score (nSPS) is 10.0. The van der Waals surface area contributed by atoms with Gasteiger partial charge in [0.25, 0.3) is 0 Å². The van der Waals surface area contributed by atoms with Crippen LogP contribution >= 0.6 is 15.9 Å². The first-order valence-corrected chi connectivity index (χ1v) is 6.16. The van der Waals surface area contributed by atoms with Crippen LogP contribution < -0.4 is 10.5 Å². The zero-order valence-electron chi connectivity index (χ0n) is 10.1. The van der Waals surface area contributed by atoms with Crippen LogP contribution in [-0.2, 0) is 4.74 Å². The van der Waals surface area contributed by atoms with Gasteiger partial charge in [-0.25, -0.2) is 9.78 Å². The molecule has 0 saturated heterocycles. The first kappa shape index (κ1) is 13.4. The number of anilines is 1. The summed E-state index contributed by atoms with van der Waals surface area (Å²) in [6.07, 6.45) is 1.47. The molecule has 1 aromatic carbocycles. The minimum atomic E-state index is -0.517. The van der Waals surface area contributed by atoms with Crippen LogP contribution in [0.3, 0.4) is 0 Å². The van der Waals surface area contributed by atoms with Crippen molar-refractivity contribution in [3.05, 3.63) is 46.7 Å². The van der Waals surface area contributed by atoms with Gasteiger partial charge >= 0.3 is 5.97 Å². The summed E-state index contributed by atoms with van der Waals surface area (Å²) in [7, 11) is 1.30. The maximum absolute atomic E-state index is 11.4. The zero-order valence-corrected chi connectivity index (χ0v) is 11.7. The van der Waals surface area contributed by atoms with E-state index in [-0.39, 0.29) is 5.69 Å².